The van der Waals surface area contributed by atoms with E-state index in [4.69, 9.17) is 21.1 Å². The molecular formula is C28H38ClN3O7S. The largest absolute Gasteiger partial charge is 0.453 e. The minimum Gasteiger partial charge on any atom is -0.453 e. The normalized spacial score (nSPS) is 17.1. The lowest BCUT2D eigenvalue weighted by Gasteiger charge is -2.26. The highest BCUT2D eigenvalue weighted by Gasteiger charge is 2.23. The highest BCUT2D eigenvalue weighted by atomic mass is 35.5. The summed E-state index contributed by atoms with van der Waals surface area (Å²) in [4.78, 5) is 24.7. The van der Waals surface area contributed by atoms with Crippen LogP contribution in [0.5, 0.6) is 0 Å². The maximum Gasteiger partial charge on any atom is 0.406 e. The quantitative estimate of drug-likeness (QED) is 0.300. The summed E-state index contributed by atoms with van der Waals surface area (Å²) in [5.41, 5.74) is 1.31. The lowest BCUT2D eigenvalue weighted by molar-refractivity contribution is 0.0478. The number of hydrogen-bond acceptors (Lipinski definition) is 8. The first-order valence-electron chi connectivity index (χ1n) is 13.2. The summed E-state index contributed by atoms with van der Waals surface area (Å²) < 4.78 is 41.4. The number of amides is 2. The van der Waals surface area contributed by atoms with Gasteiger partial charge in [0.15, 0.2) is 9.84 Å². The van der Waals surface area contributed by atoms with Crippen molar-refractivity contribution in [2.24, 2.45) is 5.92 Å². The lowest BCUT2D eigenvalue weighted by Crippen LogP contribution is -2.41. The summed E-state index contributed by atoms with van der Waals surface area (Å²) in [7, 11) is -0.548. The first-order valence-corrected chi connectivity index (χ1v) is 15.4. The molecule has 1 aliphatic heterocycles. The number of nitrogens with one attached hydrogen (secondary N) is 3. The Kier molecular flexibility index (Phi) is 12.2. The molecular weight excluding hydrogens is 558 g/mol. The van der Waals surface area contributed by atoms with E-state index in [2.05, 4.69) is 20.7 Å². The van der Waals surface area contributed by atoms with Crippen molar-refractivity contribution >= 4 is 33.4 Å². The number of hydrogen-bond donors (Lipinski definition) is 3. The summed E-state index contributed by atoms with van der Waals surface area (Å²) in [5.74, 6) is 0.0247. The van der Waals surface area contributed by atoms with Gasteiger partial charge >= 0.3 is 6.09 Å². The molecule has 1 saturated heterocycles. The lowest BCUT2D eigenvalue weighted by atomic mass is 9.94. The molecule has 0 aromatic heterocycles. The second-order valence-corrected chi connectivity index (χ2v) is 12.3. The fourth-order valence-electron chi connectivity index (χ4n) is 4.59. The van der Waals surface area contributed by atoms with Crippen molar-refractivity contribution in [1.82, 2.24) is 16.0 Å². The third-order valence-electron chi connectivity index (χ3n) is 6.70. The van der Waals surface area contributed by atoms with Crippen molar-refractivity contribution in [3.05, 3.63) is 64.2 Å². The molecule has 2 amide bonds. The second-order valence-electron chi connectivity index (χ2n) is 9.80. The molecule has 0 bridgehead atoms. The van der Waals surface area contributed by atoms with Crippen molar-refractivity contribution < 1.29 is 32.2 Å². The van der Waals surface area contributed by atoms with Crippen LogP contribution in [0.1, 0.15) is 46.9 Å². The molecule has 3 N–H and O–H groups in total. The fraction of sp³-hybridized carbons (Fsp3) is 0.500. The molecule has 40 heavy (non-hydrogen) atoms. The van der Waals surface area contributed by atoms with Gasteiger partial charge in [-0.25, -0.2) is 13.2 Å². The molecule has 1 fully saturated rings. The van der Waals surface area contributed by atoms with Crippen LogP contribution in [0.4, 0.5) is 4.79 Å². The first kappa shape index (κ1) is 31.8. The molecule has 3 rings (SSSR count). The number of benzene rings is 2. The van der Waals surface area contributed by atoms with E-state index in [0.29, 0.717) is 35.2 Å². The van der Waals surface area contributed by atoms with E-state index in [1.54, 1.807) is 30.3 Å². The van der Waals surface area contributed by atoms with E-state index in [1.165, 1.54) is 19.2 Å². The van der Waals surface area contributed by atoms with Crippen LogP contribution < -0.4 is 16.0 Å². The molecule has 2 aromatic carbocycles. The second kappa shape index (κ2) is 15.3. The Hall–Kier alpha value is -2.70. The number of alkyl carbamates (subject to hydrolysis) is 1. The zero-order valence-corrected chi connectivity index (χ0v) is 24.6. The number of rotatable bonds is 13. The van der Waals surface area contributed by atoms with Crippen molar-refractivity contribution in [1.29, 1.82) is 0 Å². The van der Waals surface area contributed by atoms with Gasteiger partial charge in [-0.15, -0.1) is 0 Å². The van der Waals surface area contributed by atoms with Gasteiger partial charge in [-0.1, -0.05) is 23.7 Å². The van der Waals surface area contributed by atoms with Crippen molar-refractivity contribution in [3.63, 3.8) is 0 Å². The molecule has 0 saturated carbocycles. The van der Waals surface area contributed by atoms with Crippen LogP contribution in [0.3, 0.4) is 0 Å². The molecule has 0 spiro atoms. The van der Waals surface area contributed by atoms with E-state index >= 15 is 0 Å². The molecule has 12 heteroatoms. The molecule has 10 nitrogen and oxygen atoms in total. The minimum atomic E-state index is -3.66. The molecule has 2 aromatic rings. The number of methoxy groups -OCH3 is 1. The Morgan fingerprint density at radius 2 is 1.95 bits per heavy atom. The molecule has 2 unspecified atom stereocenters. The van der Waals surface area contributed by atoms with Gasteiger partial charge in [0, 0.05) is 49.2 Å². The fourth-order valence-corrected chi connectivity index (χ4v) is 5.48. The maximum absolute atomic E-state index is 13.3. The molecule has 220 valence electrons. The van der Waals surface area contributed by atoms with Crippen LogP contribution in [0, 0.1) is 5.92 Å². The van der Waals surface area contributed by atoms with Gasteiger partial charge in [0.25, 0.3) is 5.91 Å². The van der Waals surface area contributed by atoms with Crippen molar-refractivity contribution in [2.75, 3.05) is 53.3 Å². The number of sulfone groups is 1. The van der Waals surface area contributed by atoms with E-state index in [9.17, 15) is 18.0 Å². The van der Waals surface area contributed by atoms with Crippen LogP contribution in [0.15, 0.2) is 47.4 Å². The summed E-state index contributed by atoms with van der Waals surface area (Å²) in [6.07, 6.45) is 2.71. The SMILES string of the molecule is CNC(CNC(=O)c1cc(C(OCCNC(=O)OC)c2cccc(Cl)c2)cc(S(C)(=O)=O)c1)C[C@H]1CCCOC1. The standard InChI is InChI=1S/C28H38ClN3O7S/c1-30-24(12-19-6-5-10-38-18-19)17-32-27(33)22-13-21(15-25(16-22)40(3,35)36)26(20-7-4-8-23(29)14-20)39-11-9-31-28(34)37-2/h4,7-8,13-16,19,24,26,30H,5-6,9-12,17-18H2,1-3H3,(H,31,34)(H,32,33)/t19-,24?,26?/m1/s1. The van der Waals surface area contributed by atoms with Crippen molar-refractivity contribution in [2.45, 2.75) is 36.3 Å². The number of halogens is 1. The highest BCUT2D eigenvalue weighted by Crippen LogP contribution is 2.30. The average Bonchev–Trinajstić information content (AvgIpc) is 2.94. The summed E-state index contributed by atoms with van der Waals surface area (Å²) in [6.45, 7) is 2.12. The predicted molar refractivity (Wildman–Crippen MR) is 153 cm³/mol. The molecule has 1 heterocycles. The van der Waals surface area contributed by atoms with Gasteiger partial charge in [0.1, 0.15) is 6.10 Å². The number of ether oxygens (including phenoxy) is 3. The number of carbonyl (C=O) groups is 2. The topological polar surface area (TPSA) is 132 Å². The van der Waals surface area contributed by atoms with Crippen LogP contribution in [0.25, 0.3) is 0 Å². The minimum absolute atomic E-state index is 0.0111. The van der Waals surface area contributed by atoms with Gasteiger partial charge in [0.05, 0.1) is 18.6 Å². The third-order valence-corrected chi connectivity index (χ3v) is 8.03. The maximum atomic E-state index is 13.3. The van der Waals surface area contributed by atoms with Crippen LogP contribution in [0.2, 0.25) is 5.02 Å². The van der Waals surface area contributed by atoms with E-state index < -0.39 is 27.9 Å². The Balaban J connectivity index is 1.85. The van der Waals surface area contributed by atoms with Gasteiger partial charge in [-0.3, -0.25) is 4.79 Å². The third kappa shape index (κ3) is 9.74. The van der Waals surface area contributed by atoms with Gasteiger partial charge < -0.3 is 30.2 Å². The average molecular weight is 596 g/mol. The zero-order chi connectivity index (χ0) is 29.1. The monoisotopic (exact) mass is 595 g/mol. The summed E-state index contributed by atoms with van der Waals surface area (Å²) in [6, 6.07) is 11.5. The molecule has 1 aliphatic rings. The van der Waals surface area contributed by atoms with E-state index in [0.717, 1.165) is 32.1 Å². The van der Waals surface area contributed by atoms with Crippen molar-refractivity contribution in [3.8, 4) is 0 Å². The highest BCUT2D eigenvalue weighted by molar-refractivity contribution is 7.90. The van der Waals surface area contributed by atoms with Crippen LogP contribution in [-0.4, -0.2) is 79.8 Å². The molecule has 0 aliphatic carbocycles. The van der Waals surface area contributed by atoms with Crippen LogP contribution >= 0.6 is 11.6 Å². The Morgan fingerprint density at radius 1 is 1.15 bits per heavy atom. The van der Waals surface area contributed by atoms with Gasteiger partial charge in [0.2, 0.25) is 0 Å². The smallest absolute Gasteiger partial charge is 0.406 e. The Morgan fingerprint density at radius 3 is 2.60 bits per heavy atom. The Bertz CT molecular complexity index is 1250. The number of carbonyl (C=O) groups excluding carboxylic acids is 2. The molecule has 3 atom stereocenters. The van der Waals surface area contributed by atoms with E-state index in [-0.39, 0.29) is 29.7 Å². The summed E-state index contributed by atoms with van der Waals surface area (Å²) in [5, 5.41) is 9.21. The van der Waals surface area contributed by atoms with E-state index in [1.807, 2.05) is 7.05 Å². The van der Waals surface area contributed by atoms with Gasteiger partial charge in [-0.2, -0.15) is 0 Å². The molecule has 0 radical (unpaired) electrons. The van der Waals surface area contributed by atoms with Gasteiger partial charge in [-0.05, 0) is 73.7 Å². The predicted octanol–water partition coefficient (Wildman–Crippen LogP) is 3.34. The summed E-state index contributed by atoms with van der Waals surface area (Å²) >= 11 is 6.24. The number of likely N-dealkylation sites (N-methyl/N-ethyl adjacent to an activating group) is 1. The van der Waals surface area contributed by atoms with Crippen LogP contribution in [-0.2, 0) is 24.0 Å². The first-order chi connectivity index (χ1) is 19.1. The zero-order valence-electron chi connectivity index (χ0n) is 23.1. The Labute approximate surface area is 241 Å².